The van der Waals surface area contributed by atoms with Gasteiger partial charge in [0.15, 0.2) is 11.8 Å². The Balaban J connectivity index is 0.00000256. The Bertz CT molecular complexity index is 796. The van der Waals surface area contributed by atoms with E-state index in [1.54, 1.807) is 0 Å². The molecule has 2 aliphatic heterocycles. The summed E-state index contributed by atoms with van der Waals surface area (Å²) < 4.78 is 2.26. The average Bonchev–Trinajstić information content (AvgIpc) is 3.42. The van der Waals surface area contributed by atoms with Crippen LogP contribution < -0.4 is 10.6 Å². The fourth-order valence-electron chi connectivity index (χ4n) is 4.31. The molecule has 2 N–H and O–H groups in total. The number of halogens is 1. The minimum Gasteiger partial charge on any atom is -0.354 e. The summed E-state index contributed by atoms with van der Waals surface area (Å²) in [5, 5.41) is 17.9. The molecule has 2 aromatic rings. The van der Waals surface area contributed by atoms with Crippen LogP contribution in [0, 0.1) is 5.92 Å². The first kappa shape index (κ1) is 23.5. The van der Waals surface area contributed by atoms with Crippen molar-refractivity contribution in [2.45, 2.75) is 58.2 Å². The fourth-order valence-corrected chi connectivity index (χ4v) is 5.17. The summed E-state index contributed by atoms with van der Waals surface area (Å²) in [5.74, 6) is 3.78. The summed E-state index contributed by atoms with van der Waals surface area (Å²) in [7, 11) is 1.83. The Kier molecular flexibility index (Phi) is 8.94. The van der Waals surface area contributed by atoms with Crippen molar-refractivity contribution in [3.8, 4) is 0 Å². The van der Waals surface area contributed by atoms with E-state index in [9.17, 15) is 0 Å². The van der Waals surface area contributed by atoms with Gasteiger partial charge in [-0.1, -0.05) is 13.0 Å². The second-order valence-electron chi connectivity index (χ2n) is 8.20. The topological polar surface area (TPSA) is 70.4 Å². The number of fused-ring (bicyclic) bond motifs is 1. The summed E-state index contributed by atoms with van der Waals surface area (Å²) >= 11 is 1.85. The first-order valence-electron chi connectivity index (χ1n) is 10.9. The summed E-state index contributed by atoms with van der Waals surface area (Å²) in [6.45, 7) is 7.24. The van der Waals surface area contributed by atoms with E-state index in [1.165, 1.54) is 43.6 Å². The lowest BCUT2D eigenvalue weighted by molar-refractivity contribution is 0.140. The van der Waals surface area contributed by atoms with Gasteiger partial charge in [0.2, 0.25) is 0 Å². The number of piperidine rings is 1. The van der Waals surface area contributed by atoms with Crippen molar-refractivity contribution < 1.29 is 0 Å². The van der Waals surface area contributed by atoms with Crippen LogP contribution in [0.3, 0.4) is 0 Å². The van der Waals surface area contributed by atoms with Crippen molar-refractivity contribution in [1.29, 1.82) is 0 Å². The molecule has 1 saturated heterocycles. The van der Waals surface area contributed by atoms with Gasteiger partial charge in [0.05, 0.1) is 12.6 Å². The molecular weight excluding hydrogens is 509 g/mol. The minimum absolute atomic E-state index is 0. The Hall–Kier alpha value is -1.20. The van der Waals surface area contributed by atoms with Crippen LogP contribution in [-0.4, -0.2) is 52.3 Å². The number of hydrogen-bond donors (Lipinski definition) is 2. The van der Waals surface area contributed by atoms with Crippen molar-refractivity contribution in [3.63, 3.8) is 0 Å². The van der Waals surface area contributed by atoms with E-state index in [1.807, 2.05) is 18.4 Å². The van der Waals surface area contributed by atoms with Gasteiger partial charge in [0, 0.05) is 31.4 Å². The van der Waals surface area contributed by atoms with Crippen LogP contribution in [0.5, 0.6) is 0 Å². The van der Waals surface area contributed by atoms with Crippen molar-refractivity contribution in [3.05, 3.63) is 34.0 Å². The maximum atomic E-state index is 4.43. The number of rotatable bonds is 6. The number of guanidine groups is 1. The van der Waals surface area contributed by atoms with Crippen LogP contribution in [0.4, 0.5) is 0 Å². The van der Waals surface area contributed by atoms with Crippen LogP contribution in [0.2, 0.25) is 0 Å². The molecule has 0 saturated carbocycles. The van der Waals surface area contributed by atoms with E-state index in [-0.39, 0.29) is 24.0 Å². The van der Waals surface area contributed by atoms with E-state index < -0.39 is 0 Å². The van der Waals surface area contributed by atoms with Gasteiger partial charge in [-0.3, -0.25) is 9.89 Å². The molecule has 4 heterocycles. The van der Waals surface area contributed by atoms with Gasteiger partial charge in [-0.2, -0.15) is 0 Å². The normalized spacial score (nSPS) is 19.1. The summed E-state index contributed by atoms with van der Waals surface area (Å²) in [4.78, 5) is 8.48. The standard InChI is InChI=1S/C21H33N7S.HI/c1-16-8-11-27(12-9-16)17(18-6-5-13-29-18)14-23-21(22-2)24-15-20-26-25-19-7-3-4-10-28(19)20;/h5-6,13,16-17H,3-4,7-12,14-15H2,1-2H3,(H2,22,23,24);1H. The lowest BCUT2D eigenvalue weighted by atomic mass is 9.97. The molecule has 2 aliphatic rings. The number of likely N-dealkylation sites (tertiary alicyclic amines) is 1. The van der Waals surface area contributed by atoms with E-state index in [2.05, 4.69) is 59.7 Å². The molecule has 0 spiro atoms. The van der Waals surface area contributed by atoms with Crippen LogP contribution >= 0.6 is 35.3 Å². The first-order chi connectivity index (χ1) is 14.2. The molecule has 2 aromatic heterocycles. The predicted octanol–water partition coefficient (Wildman–Crippen LogP) is 3.43. The number of nitrogens with zero attached hydrogens (tertiary/aromatic N) is 5. The third kappa shape index (κ3) is 5.73. The molecule has 0 bridgehead atoms. The first-order valence-corrected chi connectivity index (χ1v) is 11.8. The number of aryl methyl sites for hydroxylation is 1. The van der Waals surface area contributed by atoms with Gasteiger partial charge in [-0.15, -0.1) is 45.5 Å². The highest BCUT2D eigenvalue weighted by molar-refractivity contribution is 14.0. The molecule has 0 radical (unpaired) electrons. The van der Waals surface area contributed by atoms with Gasteiger partial charge in [-0.25, -0.2) is 0 Å². The monoisotopic (exact) mass is 543 g/mol. The largest absolute Gasteiger partial charge is 0.354 e. The molecular formula is C21H34IN7S. The van der Waals surface area contributed by atoms with Gasteiger partial charge in [0.1, 0.15) is 5.82 Å². The van der Waals surface area contributed by atoms with Crippen LogP contribution in [0.15, 0.2) is 22.5 Å². The van der Waals surface area contributed by atoms with Crippen LogP contribution in [0.1, 0.15) is 55.2 Å². The second-order valence-corrected chi connectivity index (χ2v) is 9.18. The number of thiophene rings is 1. The average molecular weight is 544 g/mol. The summed E-state index contributed by atoms with van der Waals surface area (Å²) in [5.41, 5.74) is 0. The molecule has 166 valence electrons. The predicted molar refractivity (Wildman–Crippen MR) is 134 cm³/mol. The van der Waals surface area contributed by atoms with Crippen LogP contribution in [-0.2, 0) is 19.5 Å². The maximum absolute atomic E-state index is 4.43. The van der Waals surface area contributed by atoms with Gasteiger partial charge < -0.3 is 15.2 Å². The van der Waals surface area contributed by atoms with Crippen LogP contribution in [0.25, 0.3) is 0 Å². The molecule has 1 atom stereocenters. The smallest absolute Gasteiger partial charge is 0.191 e. The quantitative estimate of drug-likeness (QED) is 0.332. The highest BCUT2D eigenvalue weighted by Gasteiger charge is 2.25. The van der Waals surface area contributed by atoms with Crippen molar-refractivity contribution in [2.24, 2.45) is 10.9 Å². The minimum atomic E-state index is 0. The number of hydrogen-bond acceptors (Lipinski definition) is 5. The molecule has 7 nitrogen and oxygen atoms in total. The zero-order chi connectivity index (χ0) is 20.1. The third-order valence-electron chi connectivity index (χ3n) is 6.17. The second kappa shape index (κ2) is 11.4. The van der Waals surface area contributed by atoms with E-state index in [0.717, 1.165) is 43.0 Å². The highest BCUT2D eigenvalue weighted by Crippen LogP contribution is 2.29. The lowest BCUT2D eigenvalue weighted by Gasteiger charge is -2.36. The molecule has 1 unspecified atom stereocenters. The molecule has 9 heteroatoms. The summed E-state index contributed by atoms with van der Waals surface area (Å²) in [6.07, 6.45) is 6.03. The van der Waals surface area contributed by atoms with Crippen molar-refractivity contribution in [2.75, 3.05) is 26.7 Å². The van der Waals surface area contributed by atoms with E-state index in [4.69, 9.17) is 0 Å². The number of aromatic nitrogens is 3. The zero-order valence-corrected chi connectivity index (χ0v) is 21.2. The molecule has 0 amide bonds. The molecule has 1 fully saturated rings. The zero-order valence-electron chi connectivity index (χ0n) is 18.0. The summed E-state index contributed by atoms with van der Waals surface area (Å²) in [6, 6.07) is 4.80. The Morgan fingerprint density at radius 3 is 2.80 bits per heavy atom. The Labute approximate surface area is 200 Å². The molecule has 0 aromatic carbocycles. The fraction of sp³-hybridized carbons (Fsp3) is 0.667. The number of nitrogens with one attached hydrogen (secondary N) is 2. The number of aliphatic imine (C=N–C) groups is 1. The molecule has 30 heavy (non-hydrogen) atoms. The van der Waals surface area contributed by atoms with E-state index >= 15 is 0 Å². The third-order valence-corrected chi connectivity index (χ3v) is 7.14. The van der Waals surface area contributed by atoms with Crippen molar-refractivity contribution in [1.82, 2.24) is 30.3 Å². The lowest BCUT2D eigenvalue weighted by Crippen LogP contribution is -2.45. The SMILES string of the molecule is CN=C(NCc1nnc2n1CCCC2)NCC(c1cccs1)N1CCC(C)CC1.I. The molecule has 4 rings (SSSR count). The van der Waals surface area contributed by atoms with Gasteiger partial charge >= 0.3 is 0 Å². The van der Waals surface area contributed by atoms with Gasteiger partial charge in [-0.05, 0) is 56.1 Å². The molecule has 0 aliphatic carbocycles. The Morgan fingerprint density at radius 1 is 1.23 bits per heavy atom. The maximum Gasteiger partial charge on any atom is 0.191 e. The Morgan fingerprint density at radius 2 is 2.07 bits per heavy atom. The van der Waals surface area contributed by atoms with E-state index in [0.29, 0.717) is 12.6 Å². The van der Waals surface area contributed by atoms with Crippen molar-refractivity contribution >= 4 is 41.3 Å². The van der Waals surface area contributed by atoms with Gasteiger partial charge in [0.25, 0.3) is 0 Å². The highest BCUT2D eigenvalue weighted by atomic mass is 127.